The van der Waals surface area contributed by atoms with Crippen LogP contribution in [0.25, 0.3) is 33.4 Å². The number of H-pyrrole nitrogens is 1. The van der Waals surface area contributed by atoms with Gasteiger partial charge in [-0.1, -0.05) is 12.1 Å². The lowest BCUT2D eigenvalue weighted by molar-refractivity contribution is 0.100. The molecule has 0 saturated carbocycles. The van der Waals surface area contributed by atoms with E-state index in [-0.39, 0.29) is 22.6 Å². The minimum absolute atomic E-state index is 0.0702. The van der Waals surface area contributed by atoms with Crippen LogP contribution in [0.4, 0.5) is 4.39 Å². The number of hydrogen-bond acceptors (Lipinski definition) is 5. The molecule has 4 aromatic rings. The van der Waals surface area contributed by atoms with Gasteiger partial charge in [0.1, 0.15) is 17.6 Å². The number of aromatic amines is 1. The summed E-state index contributed by atoms with van der Waals surface area (Å²) in [6.07, 6.45) is 1.53. The molecule has 28 heavy (non-hydrogen) atoms. The lowest BCUT2D eigenvalue weighted by atomic mass is 9.93. The number of aromatic nitrogens is 3. The van der Waals surface area contributed by atoms with Crippen LogP contribution in [0.1, 0.15) is 15.9 Å². The zero-order chi connectivity index (χ0) is 19.8. The first-order valence-corrected chi connectivity index (χ1v) is 8.16. The van der Waals surface area contributed by atoms with Gasteiger partial charge in [0.15, 0.2) is 5.65 Å². The third-order valence-corrected chi connectivity index (χ3v) is 4.38. The molecule has 0 aliphatic heterocycles. The number of phenolic OH excluding ortho intramolecular Hbond substituents is 1. The smallest absolute Gasteiger partial charge is 0.248 e. The third-order valence-electron chi connectivity index (χ3n) is 4.38. The van der Waals surface area contributed by atoms with Crippen molar-refractivity contribution in [2.75, 3.05) is 0 Å². The number of amides is 1. The monoisotopic (exact) mass is 373 g/mol. The molecule has 136 valence electrons. The summed E-state index contributed by atoms with van der Waals surface area (Å²) in [6, 6.07) is 12.1. The first-order valence-electron chi connectivity index (χ1n) is 8.16. The molecule has 8 heteroatoms. The summed E-state index contributed by atoms with van der Waals surface area (Å²) < 4.78 is 14.5. The van der Waals surface area contributed by atoms with E-state index in [1.165, 1.54) is 18.3 Å². The number of nitrogens with two attached hydrogens (primary N) is 1. The standard InChI is InChI=1S/C20H12FN5O2/c21-16-7-12(27)5-6-13(16)18-14(8-22)17(15-9-24-26-20(15)25-18)10-1-3-11(4-2-10)19(23)28/h1-7,9,27H,(H2,23,28)(H,24,25,26). The number of nitrogens with one attached hydrogen (secondary N) is 1. The number of hydrogen-bond donors (Lipinski definition) is 3. The third kappa shape index (κ3) is 2.71. The van der Waals surface area contributed by atoms with E-state index in [2.05, 4.69) is 21.3 Å². The average Bonchev–Trinajstić information content (AvgIpc) is 3.15. The number of primary amides is 1. The van der Waals surface area contributed by atoms with Crippen molar-refractivity contribution >= 4 is 16.9 Å². The molecule has 0 fully saturated rings. The van der Waals surface area contributed by atoms with Crippen molar-refractivity contribution in [3.8, 4) is 34.2 Å². The van der Waals surface area contributed by atoms with E-state index in [0.717, 1.165) is 6.07 Å². The second-order valence-corrected chi connectivity index (χ2v) is 6.06. The number of nitriles is 1. The number of pyridine rings is 1. The van der Waals surface area contributed by atoms with Crippen LogP contribution in [-0.4, -0.2) is 26.2 Å². The van der Waals surface area contributed by atoms with Crippen LogP contribution in [0.2, 0.25) is 0 Å². The molecule has 0 atom stereocenters. The van der Waals surface area contributed by atoms with Crippen molar-refractivity contribution < 1.29 is 14.3 Å². The Labute approximate surface area is 157 Å². The van der Waals surface area contributed by atoms with Gasteiger partial charge in [-0.05, 0) is 29.8 Å². The van der Waals surface area contributed by atoms with Crippen LogP contribution in [0, 0.1) is 17.1 Å². The largest absolute Gasteiger partial charge is 0.508 e. The second-order valence-electron chi connectivity index (χ2n) is 6.06. The number of phenols is 1. The van der Waals surface area contributed by atoms with E-state index < -0.39 is 11.7 Å². The summed E-state index contributed by atoms with van der Waals surface area (Å²) >= 11 is 0. The Morgan fingerprint density at radius 2 is 1.96 bits per heavy atom. The van der Waals surface area contributed by atoms with Crippen LogP contribution >= 0.6 is 0 Å². The second kappa shape index (κ2) is 6.48. The molecule has 4 N–H and O–H groups in total. The Kier molecular flexibility index (Phi) is 3.98. The lowest BCUT2D eigenvalue weighted by Crippen LogP contribution is -2.10. The van der Waals surface area contributed by atoms with Crippen molar-refractivity contribution in [1.82, 2.24) is 15.2 Å². The van der Waals surface area contributed by atoms with Gasteiger partial charge in [0.2, 0.25) is 5.91 Å². The SMILES string of the molecule is N#Cc1c(-c2ccc(O)cc2F)nc2[nH]ncc2c1-c1ccc(C(N)=O)cc1. The van der Waals surface area contributed by atoms with Crippen LogP contribution in [0.5, 0.6) is 5.75 Å². The quantitative estimate of drug-likeness (QED) is 0.508. The zero-order valence-corrected chi connectivity index (χ0v) is 14.3. The van der Waals surface area contributed by atoms with Gasteiger partial charge in [-0.3, -0.25) is 9.89 Å². The molecule has 0 saturated heterocycles. The van der Waals surface area contributed by atoms with E-state index in [0.29, 0.717) is 27.7 Å². The number of rotatable bonds is 3. The Morgan fingerprint density at radius 1 is 1.21 bits per heavy atom. The summed E-state index contributed by atoms with van der Waals surface area (Å²) in [5.74, 6) is -1.51. The maximum Gasteiger partial charge on any atom is 0.248 e. The fraction of sp³-hybridized carbons (Fsp3) is 0. The number of fused-ring (bicyclic) bond motifs is 1. The molecule has 2 heterocycles. The Bertz CT molecular complexity index is 1270. The van der Waals surface area contributed by atoms with Gasteiger partial charge in [-0.15, -0.1) is 0 Å². The fourth-order valence-electron chi connectivity index (χ4n) is 3.07. The Balaban J connectivity index is 2.04. The molecule has 0 bridgehead atoms. The minimum Gasteiger partial charge on any atom is -0.508 e. The van der Waals surface area contributed by atoms with Crippen molar-refractivity contribution in [3.05, 3.63) is 65.6 Å². The number of carbonyl (C=O) groups is 1. The molecule has 0 aliphatic carbocycles. The zero-order valence-electron chi connectivity index (χ0n) is 14.3. The number of aromatic hydroxyl groups is 1. The predicted molar refractivity (Wildman–Crippen MR) is 99.6 cm³/mol. The fourth-order valence-corrected chi connectivity index (χ4v) is 3.07. The maximum atomic E-state index is 14.5. The van der Waals surface area contributed by atoms with Crippen molar-refractivity contribution in [1.29, 1.82) is 5.26 Å². The van der Waals surface area contributed by atoms with Crippen molar-refractivity contribution in [2.24, 2.45) is 5.73 Å². The van der Waals surface area contributed by atoms with E-state index >= 15 is 0 Å². The summed E-state index contributed by atoms with van der Waals surface area (Å²) in [5, 5.41) is 26.6. The van der Waals surface area contributed by atoms with Crippen molar-refractivity contribution in [2.45, 2.75) is 0 Å². The summed E-state index contributed by atoms with van der Waals surface area (Å²) in [6.45, 7) is 0. The number of nitrogens with zero attached hydrogens (tertiary/aromatic N) is 3. The highest BCUT2D eigenvalue weighted by atomic mass is 19.1. The normalized spacial score (nSPS) is 10.7. The average molecular weight is 373 g/mol. The number of halogens is 1. The number of carbonyl (C=O) groups excluding carboxylic acids is 1. The first kappa shape index (κ1) is 17.2. The molecule has 0 spiro atoms. The van der Waals surface area contributed by atoms with Crippen LogP contribution in [-0.2, 0) is 0 Å². The molecular weight excluding hydrogens is 361 g/mol. The summed E-state index contributed by atoms with van der Waals surface area (Å²) in [5.41, 5.74) is 7.43. The van der Waals surface area contributed by atoms with Crippen LogP contribution in [0.15, 0.2) is 48.7 Å². The topological polar surface area (TPSA) is 129 Å². The maximum absolute atomic E-state index is 14.5. The summed E-state index contributed by atoms with van der Waals surface area (Å²) in [4.78, 5) is 15.7. The van der Waals surface area contributed by atoms with Gasteiger partial charge in [0, 0.05) is 28.1 Å². The summed E-state index contributed by atoms with van der Waals surface area (Å²) in [7, 11) is 0. The molecule has 7 nitrogen and oxygen atoms in total. The number of benzene rings is 2. The molecule has 2 aromatic carbocycles. The molecule has 2 aromatic heterocycles. The highest BCUT2D eigenvalue weighted by Gasteiger charge is 2.21. The minimum atomic E-state index is -0.710. The van der Waals surface area contributed by atoms with E-state index in [4.69, 9.17) is 5.73 Å². The molecule has 0 unspecified atom stereocenters. The predicted octanol–water partition coefficient (Wildman–Crippen LogP) is 3.11. The highest BCUT2D eigenvalue weighted by molar-refractivity contribution is 6.00. The van der Waals surface area contributed by atoms with Gasteiger partial charge in [0.25, 0.3) is 0 Å². The van der Waals surface area contributed by atoms with Crippen molar-refractivity contribution in [3.63, 3.8) is 0 Å². The van der Waals surface area contributed by atoms with Crippen LogP contribution in [0.3, 0.4) is 0 Å². The lowest BCUT2D eigenvalue weighted by Gasteiger charge is -2.12. The van der Waals surface area contributed by atoms with Gasteiger partial charge in [0.05, 0.1) is 17.5 Å². The Morgan fingerprint density at radius 3 is 2.61 bits per heavy atom. The van der Waals surface area contributed by atoms with Gasteiger partial charge >= 0.3 is 0 Å². The van der Waals surface area contributed by atoms with Crippen LogP contribution < -0.4 is 5.73 Å². The molecule has 0 radical (unpaired) electrons. The molecule has 0 aliphatic rings. The molecule has 4 rings (SSSR count). The van der Waals surface area contributed by atoms with E-state index in [1.54, 1.807) is 24.3 Å². The van der Waals surface area contributed by atoms with Gasteiger partial charge in [-0.2, -0.15) is 10.4 Å². The molecular formula is C20H12FN5O2. The van der Waals surface area contributed by atoms with Gasteiger partial charge < -0.3 is 10.8 Å². The highest BCUT2D eigenvalue weighted by Crippen LogP contribution is 2.37. The first-order chi connectivity index (χ1) is 13.5. The van der Waals surface area contributed by atoms with E-state index in [1.807, 2.05) is 0 Å². The van der Waals surface area contributed by atoms with Gasteiger partial charge in [-0.25, -0.2) is 9.37 Å². The van der Waals surface area contributed by atoms with E-state index in [9.17, 15) is 19.6 Å². The molecule has 1 amide bonds. The Hall–Kier alpha value is -4.25.